The first kappa shape index (κ1) is 31.0. The number of aromatic nitrogens is 3. The van der Waals surface area contributed by atoms with E-state index in [0.717, 1.165) is 19.3 Å². The summed E-state index contributed by atoms with van der Waals surface area (Å²) in [5, 5.41) is 18.5. The number of nitrogens with one attached hydrogen (secondary N) is 3. The molecular weight excluding hydrogens is 580 g/mol. The van der Waals surface area contributed by atoms with Gasteiger partial charge < -0.3 is 36.4 Å². The van der Waals surface area contributed by atoms with Gasteiger partial charge in [-0.05, 0) is 69.3 Å². The van der Waals surface area contributed by atoms with Crippen LogP contribution >= 0.6 is 0 Å². The lowest BCUT2D eigenvalue weighted by Crippen LogP contribution is -2.50. The van der Waals surface area contributed by atoms with Crippen LogP contribution < -0.4 is 27.2 Å². The number of rotatable bonds is 12. The number of carbonyl (C=O) groups excluding carboxylic acids is 3. The number of nitrogens with zero attached hydrogens (tertiary/aromatic N) is 4. The molecule has 0 bridgehead atoms. The van der Waals surface area contributed by atoms with E-state index in [1.165, 1.54) is 19.2 Å². The number of hydrogen-bond acceptors (Lipinski definition) is 10. The molecule has 1 saturated heterocycles. The van der Waals surface area contributed by atoms with Crippen molar-refractivity contribution in [3.63, 3.8) is 0 Å². The third-order valence-electron chi connectivity index (χ3n) is 9.72. The first-order chi connectivity index (χ1) is 21.7. The molecule has 3 amide bonds. The Morgan fingerprint density at radius 3 is 2.58 bits per heavy atom. The monoisotopic (exact) mass is 622 g/mol. The minimum Gasteiger partial charge on any atom is -0.391 e. The predicted octanol–water partition coefficient (Wildman–Crippen LogP) is 1.50. The lowest BCUT2D eigenvalue weighted by atomic mass is 9.79. The van der Waals surface area contributed by atoms with Gasteiger partial charge in [0, 0.05) is 37.7 Å². The summed E-state index contributed by atoms with van der Waals surface area (Å²) in [7, 11) is 0. The second-order valence-corrected chi connectivity index (χ2v) is 12.9. The number of anilines is 3. The van der Waals surface area contributed by atoms with Gasteiger partial charge in [-0.2, -0.15) is 0 Å². The van der Waals surface area contributed by atoms with Gasteiger partial charge in [0.15, 0.2) is 0 Å². The van der Waals surface area contributed by atoms with Crippen LogP contribution in [-0.4, -0.2) is 74.6 Å². The van der Waals surface area contributed by atoms with Gasteiger partial charge >= 0.3 is 0 Å². The topological polar surface area (TPSA) is 194 Å². The molecule has 0 aromatic carbocycles. The number of ether oxygens (including phenoxy) is 1. The quantitative estimate of drug-likeness (QED) is 0.217. The van der Waals surface area contributed by atoms with Crippen LogP contribution in [0.15, 0.2) is 23.3 Å². The molecule has 242 valence electrons. The molecule has 1 atom stereocenters. The fraction of sp³-hybridized carbons (Fsp3) is 0.613. The van der Waals surface area contributed by atoms with Crippen LogP contribution in [0.5, 0.6) is 0 Å². The molecule has 2 aromatic heterocycles. The van der Waals surface area contributed by atoms with Crippen LogP contribution in [0.1, 0.15) is 86.7 Å². The van der Waals surface area contributed by atoms with Gasteiger partial charge in [0.2, 0.25) is 11.8 Å². The number of nitrogens with two attached hydrogens (primary N) is 1. The van der Waals surface area contributed by atoms with Crippen molar-refractivity contribution in [1.82, 2.24) is 30.1 Å². The molecule has 2 saturated carbocycles. The maximum Gasteiger partial charge on any atom is 0.276 e. The minimum absolute atomic E-state index is 0.0592. The third-order valence-corrected chi connectivity index (χ3v) is 9.72. The second kappa shape index (κ2) is 12.8. The number of likely N-dealkylation sites (tertiary alicyclic amines) is 1. The van der Waals surface area contributed by atoms with Crippen LogP contribution in [0.25, 0.3) is 0 Å². The zero-order valence-electron chi connectivity index (χ0n) is 25.5. The molecule has 2 aliphatic heterocycles. The van der Waals surface area contributed by atoms with E-state index < -0.39 is 11.8 Å². The average Bonchev–Trinajstić information content (AvgIpc) is 3.53. The summed E-state index contributed by atoms with van der Waals surface area (Å²) >= 11 is 0. The van der Waals surface area contributed by atoms with Crippen LogP contribution in [-0.2, 0) is 26.6 Å². The fourth-order valence-electron chi connectivity index (χ4n) is 6.84. The third kappa shape index (κ3) is 6.81. The van der Waals surface area contributed by atoms with Crippen molar-refractivity contribution in [2.24, 2.45) is 5.41 Å². The largest absolute Gasteiger partial charge is 0.391 e. The Hall–Kier alpha value is -4.04. The van der Waals surface area contributed by atoms with E-state index in [1.54, 1.807) is 21.6 Å². The van der Waals surface area contributed by atoms with Crippen LogP contribution in [0, 0.1) is 5.41 Å². The predicted molar refractivity (Wildman–Crippen MR) is 164 cm³/mol. The van der Waals surface area contributed by atoms with Gasteiger partial charge in [0.05, 0.1) is 19.3 Å². The van der Waals surface area contributed by atoms with E-state index >= 15 is 0 Å². The Morgan fingerprint density at radius 2 is 1.87 bits per heavy atom. The van der Waals surface area contributed by atoms with Crippen molar-refractivity contribution in [3.8, 4) is 0 Å². The minimum atomic E-state index is -0.755. The summed E-state index contributed by atoms with van der Waals surface area (Å²) < 4.78 is 7.63. The van der Waals surface area contributed by atoms with Crippen molar-refractivity contribution < 1.29 is 24.2 Å². The molecule has 45 heavy (non-hydrogen) atoms. The number of hydrogen-bond donors (Lipinski definition) is 5. The highest BCUT2D eigenvalue weighted by molar-refractivity contribution is 5.97. The summed E-state index contributed by atoms with van der Waals surface area (Å²) in [6.07, 6.45) is 9.59. The Morgan fingerprint density at radius 1 is 1.09 bits per heavy atom. The van der Waals surface area contributed by atoms with Gasteiger partial charge in [0.25, 0.3) is 11.5 Å². The van der Waals surface area contributed by atoms with Gasteiger partial charge in [-0.25, -0.2) is 9.97 Å². The Kier molecular flexibility index (Phi) is 8.78. The normalized spacial score (nSPS) is 20.7. The Bertz CT molecular complexity index is 1510. The molecular formula is C31H42N8O6. The van der Waals surface area contributed by atoms with Crippen molar-refractivity contribution >= 4 is 35.0 Å². The summed E-state index contributed by atoms with van der Waals surface area (Å²) in [6, 6.07) is 3.20. The zero-order valence-corrected chi connectivity index (χ0v) is 25.5. The van der Waals surface area contributed by atoms with E-state index in [-0.39, 0.29) is 47.9 Å². The summed E-state index contributed by atoms with van der Waals surface area (Å²) in [5.41, 5.74) is 6.38. The van der Waals surface area contributed by atoms with Crippen molar-refractivity contribution in [2.45, 2.75) is 89.0 Å². The average molecular weight is 623 g/mol. The van der Waals surface area contributed by atoms with E-state index in [1.807, 2.05) is 0 Å². The van der Waals surface area contributed by atoms with Crippen LogP contribution in [0.3, 0.4) is 0 Å². The Balaban J connectivity index is 1.05. The molecule has 14 nitrogen and oxygen atoms in total. The molecule has 0 radical (unpaired) electrons. The first-order valence-corrected chi connectivity index (χ1v) is 15.9. The van der Waals surface area contributed by atoms with Gasteiger partial charge in [-0.3, -0.25) is 23.7 Å². The van der Waals surface area contributed by atoms with E-state index in [2.05, 4.69) is 25.9 Å². The van der Waals surface area contributed by atoms with Gasteiger partial charge in [-0.1, -0.05) is 6.42 Å². The van der Waals surface area contributed by atoms with E-state index in [9.17, 15) is 24.3 Å². The highest BCUT2D eigenvalue weighted by Gasteiger charge is 2.54. The molecule has 1 unspecified atom stereocenters. The zero-order chi connectivity index (χ0) is 31.6. The number of fused-ring (bicyclic) bond motifs is 2. The molecule has 6 N–H and O–H groups in total. The summed E-state index contributed by atoms with van der Waals surface area (Å²) in [5.74, 6) is 0.0109. The number of aliphatic hydroxyl groups excluding tert-OH is 1. The molecule has 2 aliphatic carbocycles. The second-order valence-electron chi connectivity index (χ2n) is 12.9. The number of aliphatic hydroxyl groups is 1. The van der Waals surface area contributed by atoms with E-state index in [4.69, 9.17) is 10.5 Å². The summed E-state index contributed by atoms with van der Waals surface area (Å²) in [4.78, 5) is 61.2. The summed E-state index contributed by atoms with van der Waals surface area (Å²) in [6.45, 7) is 1.32. The van der Waals surface area contributed by atoms with Crippen molar-refractivity contribution in [3.05, 3.63) is 40.1 Å². The first-order valence-electron chi connectivity index (χ1n) is 15.9. The molecule has 3 fully saturated rings. The molecule has 4 aliphatic rings. The smallest absolute Gasteiger partial charge is 0.276 e. The number of carbonyl (C=O) groups is 3. The van der Waals surface area contributed by atoms with Crippen LogP contribution in [0.4, 0.5) is 17.3 Å². The lowest BCUT2D eigenvalue weighted by molar-refractivity contribution is -0.132. The number of pyridine rings is 1. The number of nitrogen functional groups attached to an aromatic ring is 1. The highest BCUT2D eigenvalue weighted by atomic mass is 16.5. The fourth-order valence-corrected chi connectivity index (χ4v) is 6.84. The molecule has 2 aromatic rings. The van der Waals surface area contributed by atoms with E-state index in [0.29, 0.717) is 80.7 Å². The Labute approximate surface area is 261 Å². The molecule has 6 rings (SSSR count). The van der Waals surface area contributed by atoms with Crippen molar-refractivity contribution in [1.29, 1.82) is 0 Å². The van der Waals surface area contributed by atoms with Gasteiger partial charge in [-0.15, -0.1) is 0 Å². The maximum absolute atomic E-state index is 13.9. The number of β-amino-alcohol motifs (C(OH)–C–C–N with tert-alkyl or cyclic N) is 1. The van der Waals surface area contributed by atoms with Gasteiger partial charge in [0.1, 0.15) is 35.0 Å². The maximum atomic E-state index is 13.9. The lowest BCUT2D eigenvalue weighted by Gasteiger charge is -2.39. The standard InChI is InChI=1S/C31H42N8O6/c32-23-15-24(35-19-34-23)36-22-14-20(27-28(43)37-31(39(27)29(22)44)10-8-30(6-7-30)9-11-31)18-45-13-3-1-2-4-25(41)33-16-26(42)38-12-5-21(40)17-38/h14-15,19,21,40H,1-13,16-18H2,(H,33,41)(H,37,43)(H3,32,34,35,36). The van der Waals surface area contributed by atoms with Crippen LogP contribution in [0.2, 0.25) is 0 Å². The molecule has 14 heteroatoms. The SMILES string of the molecule is Nc1cc(Nc2cc(COCCCCCC(=O)NCC(=O)N3CCC(O)C3)c3n(c2=O)C2(CCC4(CC4)CC2)NC3=O)ncn1. The number of unbranched alkanes of at least 4 members (excludes halogenated alkanes) is 2. The number of amides is 3. The molecule has 2 spiro atoms. The van der Waals surface area contributed by atoms with Crippen molar-refractivity contribution in [2.75, 3.05) is 37.3 Å². The molecule has 4 heterocycles. The highest BCUT2D eigenvalue weighted by Crippen LogP contribution is 2.59.